The molecule has 0 spiro atoms. The highest BCUT2D eigenvalue weighted by Crippen LogP contribution is 2.56. The first-order chi connectivity index (χ1) is 11.3. The fraction of sp³-hybridized carbons (Fsp3) is 0.188. The highest BCUT2D eigenvalue weighted by molar-refractivity contribution is 6.04. The van der Waals surface area contributed by atoms with Gasteiger partial charge in [-0.3, -0.25) is 0 Å². The molecular weight excluding hydrogens is 316 g/mol. The van der Waals surface area contributed by atoms with Crippen molar-refractivity contribution in [2.45, 2.75) is 0 Å². The molecule has 126 valence electrons. The largest absolute Gasteiger partial charge is 0.504 e. The molecule has 0 saturated carbocycles. The van der Waals surface area contributed by atoms with Crippen LogP contribution in [0.3, 0.4) is 0 Å². The Kier molecular flexibility index (Phi) is 3.52. The van der Waals surface area contributed by atoms with Crippen LogP contribution in [-0.4, -0.2) is 42.5 Å². The third-order valence-corrected chi connectivity index (χ3v) is 3.72. The quantitative estimate of drug-likeness (QED) is 0.322. The van der Waals surface area contributed by atoms with Crippen LogP contribution in [0, 0.1) is 0 Å². The van der Waals surface area contributed by atoms with Crippen LogP contribution in [0.5, 0.6) is 28.7 Å². The van der Waals surface area contributed by atoms with Crippen molar-refractivity contribution in [3.63, 3.8) is 0 Å². The van der Waals surface area contributed by atoms with Gasteiger partial charge in [-0.05, 0) is 12.1 Å². The minimum Gasteiger partial charge on any atom is -0.504 e. The molecule has 2 aromatic rings. The van der Waals surface area contributed by atoms with Crippen LogP contribution in [0.2, 0.25) is 0 Å². The molecule has 1 aliphatic rings. The van der Waals surface area contributed by atoms with Gasteiger partial charge in [0.2, 0.25) is 11.5 Å². The topological polar surface area (TPSA) is 111 Å². The molecule has 2 aromatic carbocycles. The number of carbonyl (C=O) groups is 1. The molecule has 1 aliphatic heterocycles. The number of rotatable bonds is 2. The third-order valence-electron chi connectivity index (χ3n) is 3.72. The summed E-state index contributed by atoms with van der Waals surface area (Å²) in [6, 6.07) is 5.29. The van der Waals surface area contributed by atoms with Crippen LogP contribution in [-0.2, 0) is 4.74 Å². The minimum absolute atomic E-state index is 0.0137. The molecule has 0 aliphatic carbocycles. The van der Waals surface area contributed by atoms with Crippen LogP contribution in [0.1, 0.15) is 10.4 Å². The summed E-state index contributed by atoms with van der Waals surface area (Å²) in [5, 5.41) is 32.8. The van der Waals surface area contributed by atoms with Crippen LogP contribution in [0.15, 0.2) is 18.2 Å². The molecule has 0 amide bonds. The van der Waals surface area contributed by atoms with Gasteiger partial charge < -0.3 is 35.0 Å². The molecule has 0 bridgehead atoms. The molecule has 4 N–H and O–H groups in total. The number of fused-ring (bicyclic) bond motifs is 2. The summed E-state index contributed by atoms with van der Waals surface area (Å²) < 4.78 is 10.3. The Balaban J connectivity index is 2.20. The molecule has 0 aromatic heterocycles. The van der Waals surface area contributed by atoms with Gasteiger partial charge in [0.15, 0.2) is 17.2 Å². The summed E-state index contributed by atoms with van der Waals surface area (Å²) in [5.41, 5.74) is 1.07. The number of hydrogen-bond donors (Lipinski definition) is 4. The number of hydrogen-bond acceptors (Lipinski definition) is 8. The zero-order valence-electron chi connectivity index (χ0n) is 13.2. The fourth-order valence-electron chi connectivity index (χ4n) is 2.43. The van der Waals surface area contributed by atoms with Crippen molar-refractivity contribution in [1.29, 1.82) is 0 Å². The van der Waals surface area contributed by atoms with Gasteiger partial charge in [-0.15, -0.1) is 0 Å². The zero-order chi connectivity index (χ0) is 17.6. The Bertz CT molecular complexity index is 847. The standard InChI is InChI=1S/C16H16N2O6/c1-18(2)7-4-5-8-9(6-7)24-15-11(17-8)10(16(22)23-3)12(19)13(20)14(15)21/h4-6,17,19-21H,1-3H3. The Morgan fingerprint density at radius 3 is 2.50 bits per heavy atom. The number of esters is 1. The molecule has 1 heterocycles. The van der Waals surface area contributed by atoms with Crippen LogP contribution >= 0.6 is 0 Å². The number of aromatic hydroxyl groups is 3. The van der Waals surface area contributed by atoms with Crippen molar-refractivity contribution in [2.75, 3.05) is 31.4 Å². The van der Waals surface area contributed by atoms with Gasteiger partial charge in [0.25, 0.3) is 0 Å². The fourth-order valence-corrected chi connectivity index (χ4v) is 2.43. The first-order valence-electron chi connectivity index (χ1n) is 7.00. The summed E-state index contributed by atoms with van der Waals surface area (Å²) in [6.45, 7) is 0. The van der Waals surface area contributed by atoms with Crippen LogP contribution in [0.25, 0.3) is 0 Å². The lowest BCUT2D eigenvalue weighted by molar-refractivity contribution is 0.0597. The summed E-state index contributed by atoms with van der Waals surface area (Å²) in [7, 11) is 4.87. The molecule has 3 rings (SSSR count). The number of nitrogens with zero attached hydrogens (tertiary/aromatic N) is 1. The normalized spacial score (nSPS) is 11.6. The maximum absolute atomic E-state index is 11.9. The minimum atomic E-state index is -0.886. The summed E-state index contributed by atoms with van der Waals surface area (Å²) >= 11 is 0. The number of phenolic OH excluding ortho intramolecular Hbond substituents is 3. The number of anilines is 3. The SMILES string of the molecule is COC(=O)c1c(O)c(O)c(O)c2c1Nc1ccc(N(C)C)cc1O2. The lowest BCUT2D eigenvalue weighted by Gasteiger charge is -2.26. The monoisotopic (exact) mass is 332 g/mol. The average Bonchev–Trinajstić information content (AvgIpc) is 2.58. The van der Waals surface area contributed by atoms with E-state index in [9.17, 15) is 20.1 Å². The first kappa shape index (κ1) is 15.6. The van der Waals surface area contributed by atoms with Gasteiger partial charge in [0.05, 0.1) is 12.8 Å². The molecule has 0 unspecified atom stereocenters. The maximum atomic E-state index is 11.9. The molecule has 8 heteroatoms. The molecular formula is C16H16N2O6. The second-order valence-corrected chi connectivity index (χ2v) is 5.42. The molecule has 8 nitrogen and oxygen atoms in total. The highest BCUT2D eigenvalue weighted by atomic mass is 16.5. The summed E-state index contributed by atoms with van der Waals surface area (Å²) in [6.07, 6.45) is 0. The molecule has 0 radical (unpaired) electrons. The first-order valence-corrected chi connectivity index (χ1v) is 7.00. The van der Waals surface area contributed by atoms with Gasteiger partial charge in [0.1, 0.15) is 11.3 Å². The van der Waals surface area contributed by atoms with E-state index in [1.165, 1.54) is 0 Å². The molecule has 0 atom stereocenters. The van der Waals surface area contributed by atoms with E-state index < -0.39 is 23.2 Å². The zero-order valence-corrected chi connectivity index (χ0v) is 13.2. The second-order valence-electron chi connectivity index (χ2n) is 5.42. The van der Waals surface area contributed by atoms with Crippen LogP contribution in [0.4, 0.5) is 17.1 Å². The van der Waals surface area contributed by atoms with Crippen molar-refractivity contribution in [2.24, 2.45) is 0 Å². The van der Waals surface area contributed by atoms with E-state index in [4.69, 9.17) is 4.74 Å². The predicted molar refractivity (Wildman–Crippen MR) is 86.9 cm³/mol. The van der Waals surface area contributed by atoms with E-state index in [0.29, 0.717) is 11.4 Å². The van der Waals surface area contributed by atoms with E-state index >= 15 is 0 Å². The van der Waals surface area contributed by atoms with E-state index in [-0.39, 0.29) is 17.0 Å². The Morgan fingerprint density at radius 1 is 1.17 bits per heavy atom. The van der Waals surface area contributed by atoms with Gasteiger partial charge >= 0.3 is 5.97 Å². The number of phenols is 3. The summed E-state index contributed by atoms with van der Waals surface area (Å²) in [4.78, 5) is 13.8. The van der Waals surface area contributed by atoms with Crippen molar-refractivity contribution in [3.8, 4) is 28.7 Å². The van der Waals surface area contributed by atoms with E-state index in [1.807, 2.05) is 25.1 Å². The van der Waals surface area contributed by atoms with Gasteiger partial charge in [-0.2, -0.15) is 0 Å². The highest BCUT2D eigenvalue weighted by Gasteiger charge is 2.33. The van der Waals surface area contributed by atoms with E-state index in [1.54, 1.807) is 12.1 Å². The third kappa shape index (κ3) is 2.19. The maximum Gasteiger partial charge on any atom is 0.344 e. The Labute approximate surface area is 137 Å². The number of benzene rings is 2. The van der Waals surface area contributed by atoms with Gasteiger partial charge in [0, 0.05) is 25.8 Å². The lowest BCUT2D eigenvalue weighted by atomic mass is 10.1. The van der Waals surface area contributed by atoms with Crippen molar-refractivity contribution in [3.05, 3.63) is 23.8 Å². The molecule has 24 heavy (non-hydrogen) atoms. The Hall–Kier alpha value is -3.29. The van der Waals surface area contributed by atoms with Crippen LogP contribution < -0.4 is 15.0 Å². The van der Waals surface area contributed by atoms with Crippen molar-refractivity contribution < 1.29 is 29.6 Å². The molecule has 0 fully saturated rings. The van der Waals surface area contributed by atoms with Crippen molar-refractivity contribution in [1.82, 2.24) is 0 Å². The number of ether oxygens (including phenoxy) is 2. The Morgan fingerprint density at radius 2 is 1.88 bits per heavy atom. The lowest BCUT2D eigenvalue weighted by Crippen LogP contribution is -2.13. The van der Waals surface area contributed by atoms with Crippen molar-refractivity contribution >= 4 is 23.0 Å². The predicted octanol–water partition coefficient (Wildman–Crippen LogP) is 2.51. The number of nitrogens with one attached hydrogen (secondary N) is 1. The summed E-state index contributed by atoms with van der Waals surface area (Å²) in [5.74, 6) is -2.99. The molecule has 0 saturated heterocycles. The van der Waals surface area contributed by atoms with Gasteiger partial charge in [-0.1, -0.05) is 0 Å². The van der Waals surface area contributed by atoms with E-state index in [0.717, 1.165) is 12.8 Å². The smallest absolute Gasteiger partial charge is 0.344 e. The number of methoxy groups -OCH3 is 1. The average molecular weight is 332 g/mol. The van der Waals surface area contributed by atoms with Gasteiger partial charge in [-0.25, -0.2) is 4.79 Å². The number of carbonyl (C=O) groups excluding carboxylic acids is 1. The van der Waals surface area contributed by atoms with E-state index in [2.05, 4.69) is 10.1 Å². The second kappa shape index (κ2) is 5.41.